The van der Waals surface area contributed by atoms with Gasteiger partial charge >= 0.3 is 5.97 Å². The van der Waals surface area contributed by atoms with Gasteiger partial charge in [-0.1, -0.05) is 13.3 Å². The first kappa shape index (κ1) is 13.8. The van der Waals surface area contributed by atoms with Gasteiger partial charge in [0.25, 0.3) is 0 Å². The summed E-state index contributed by atoms with van der Waals surface area (Å²) >= 11 is 0. The van der Waals surface area contributed by atoms with Crippen LogP contribution in [-0.2, 0) is 11.2 Å². The van der Waals surface area contributed by atoms with E-state index in [1.54, 1.807) is 12.1 Å². The van der Waals surface area contributed by atoms with E-state index in [1.165, 1.54) is 0 Å². The third kappa shape index (κ3) is 3.67. The van der Waals surface area contributed by atoms with Crippen LogP contribution in [-0.4, -0.2) is 42.4 Å². The Balaban J connectivity index is 2.28. The number of hydrogen-bond donors (Lipinski definition) is 1. The van der Waals surface area contributed by atoms with Gasteiger partial charge in [-0.05, 0) is 25.0 Å². The first-order valence-corrected chi connectivity index (χ1v) is 6.77. The summed E-state index contributed by atoms with van der Waals surface area (Å²) in [6, 6.07) is 3.33. The smallest absolute Gasteiger partial charge is 0.335 e. The highest BCUT2D eigenvalue weighted by Crippen LogP contribution is 2.18. The van der Waals surface area contributed by atoms with Crippen molar-refractivity contribution in [1.29, 1.82) is 0 Å². The van der Waals surface area contributed by atoms with Crippen LogP contribution in [0.1, 0.15) is 35.8 Å². The van der Waals surface area contributed by atoms with Gasteiger partial charge < -0.3 is 14.7 Å². The lowest BCUT2D eigenvalue weighted by Gasteiger charge is -2.21. The molecule has 0 unspecified atom stereocenters. The van der Waals surface area contributed by atoms with Gasteiger partial charge in [-0.3, -0.25) is 0 Å². The maximum absolute atomic E-state index is 11.2. The topological polar surface area (TPSA) is 62.7 Å². The molecule has 1 fully saturated rings. The molecular weight excluding hydrogens is 244 g/mol. The molecule has 0 amide bonds. The zero-order chi connectivity index (χ0) is 13.7. The zero-order valence-corrected chi connectivity index (χ0v) is 11.3. The molecule has 1 aliphatic heterocycles. The summed E-state index contributed by atoms with van der Waals surface area (Å²) in [6.07, 6.45) is 2.71. The molecular formula is C14H20N2O3. The second-order valence-corrected chi connectivity index (χ2v) is 4.71. The highest BCUT2D eigenvalue weighted by molar-refractivity contribution is 5.88. The van der Waals surface area contributed by atoms with Gasteiger partial charge in [0.1, 0.15) is 5.82 Å². The minimum Gasteiger partial charge on any atom is -0.478 e. The number of carboxylic acid groups (broad SMARTS) is 1. The van der Waals surface area contributed by atoms with Gasteiger partial charge in [0.15, 0.2) is 0 Å². The molecule has 5 heteroatoms. The maximum Gasteiger partial charge on any atom is 0.335 e. The monoisotopic (exact) mass is 264 g/mol. The van der Waals surface area contributed by atoms with E-state index in [9.17, 15) is 9.90 Å². The second-order valence-electron chi connectivity index (χ2n) is 4.71. The van der Waals surface area contributed by atoms with E-state index < -0.39 is 5.97 Å². The number of ether oxygens (including phenoxy) is 1. The van der Waals surface area contributed by atoms with E-state index in [4.69, 9.17) is 4.74 Å². The number of carboxylic acids is 1. The molecule has 0 bridgehead atoms. The van der Waals surface area contributed by atoms with E-state index in [-0.39, 0.29) is 0 Å². The summed E-state index contributed by atoms with van der Waals surface area (Å²) in [4.78, 5) is 17.9. The van der Waals surface area contributed by atoms with Crippen molar-refractivity contribution in [1.82, 2.24) is 4.98 Å². The molecule has 2 heterocycles. The Hall–Kier alpha value is -1.62. The van der Waals surface area contributed by atoms with Crippen molar-refractivity contribution >= 4 is 11.8 Å². The molecule has 0 atom stereocenters. The lowest BCUT2D eigenvalue weighted by molar-refractivity contribution is 0.0696. The van der Waals surface area contributed by atoms with Gasteiger partial charge in [-0.25, -0.2) is 9.78 Å². The van der Waals surface area contributed by atoms with Crippen molar-refractivity contribution in [3.63, 3.8) is 0 Å². The summed E-state index contributed by atoms with van der Waals surface area (Å²) in [5.74, 6) is -0.138. The van der Waals surface area contributed by atoms with E-state index in [0.29, 0.717) is 12.2 Å². The van der Waals surface area contributed by atoms with Crippen LogP contribution in [0.2, 0.25) is 0 Å². The number of aromatic carboxylic acids is 1. The van der Waals surface area contributed by atoms with Crippen LogP contribution >= 0.6 is 0 Å². The van der Waals surface area contributed by atoms with Crippen molar-refractivity contribution in [2.75, 3.05) is 31.2 Å². The molecule has 2 rings (SSSR count). The number of aromatic nitrogens is 1. The van der Waals surface area contributed by atoms with E-state index >= 15 is 0 Å². The summed E-state index contributed by atoms with van der Waals surface area (Å²) < 4.78 is 5.42. The van der Waals surface area contributed by atoms with Crippen LogP contribution < -0.4 is 4.90 Å². The van der Waals surface area contributed by atoms with Crippen LogP contribution in [0, 0.1) is 0 Å². The molecule has 0 radical (unpaired) electrons. The molecule has 0 spiro atoms. The lowest BCUT2D eigenvalue weighted by atomic mass is 10.1. The standard InChI is InChI=1S/C14H20N2O3/c1-2-4-12-9-11(14(17)18)10-13(15-12)16-5-3-7-19-8-6-16/h9-10H,2-8H2,1H3,(H,17,18). The number of pyridine rings is 1. The summed E-state index contributed by atoms with van der Waals surface area (Å²) in [6.45, 7) is 5.12. The first-order chi connectivity index (χ1) is 9.20. The summed E-state index contributed by atoms with van der Waals surface area (Å²) in [5, 5.41) is 9.18. The van der Waals surface area contributed by atoms with Gasteiger partial charge in [-0.15, -0.1) is 0 Å². The molecule has 1 aromatic rings. The molecule has 19 heavy (non-hydrogen) atoms. The number of hydrogen-bond acceptors (Lipinski definition) is 4. The molecule has 104 valence electrons. The average molecular weight is 264 g/mol. The number of aryl methyl sites for hydroxylation is 1. The largest absolute Gasteiger partial charge is 0.478 e. The zero-order valence-electron chi connectivity index (χ0n) is 11.3. The highest BCUT2D eigenvalue weighted by atomic mass is 16.5. The van der Waals surface area contributed by atoms with Gasteiger partial charge in [-0.2, -0.15) is 0 Å². The Morgan fingerprint density at radius 2 is 2.26 bits per heavy atom. The molecule has 5 nitrogen and oxygen atoms in total. The molecule has 1 aliphatic rings. The molecule has 0 aromatic carbocycles. The fourth-order valence-corrected chi connectivity index (χ4v) is 2.22. The lowest BCUT2D eigenvalue weighted by Crippen LogP contribution is -2.27. The van der Waals surface area contributed by atoms with Gasteiger partial charge in [0.05, 0.1) is 12.2 Å². The number of nitrogens with zero attached hydrogens (tertiary/aromatic N) is 2. The molecule has 0 aliphatic carbocycles. The summed E-state index contributed by atoms with van der Waals surface area (Å²) in [7, 11) is 0. The minimum atomic E-state index is -0.896. The predicted molar refractivity (Wildman–Crippen MR) is 72.8 cm³/mol. The quantitative estimate of drug-likeness (QED) is 0.900. The third-order valence-electron chi connectivity index (χ3n) is 3.16. The fourth-order valence-electron chi connectivity index (χ4n) is 2.22. The maximum atomic E-state index is 11.2. The third-order valence-corrected chi connectivity index (χ3v) is 3.16. The van der Waals surface area contributed by atoms with E-state index in [0.717, 1.165) is 50.5 Å². The normalized spacial score (nSPS) is 16.2. The molecule has 1 N–H and O–H groups in total. The van der Waals surface area contributed by atoms with Crippen LogP contribution in [0.5, 0.6) is 0 Å². The van der Waals surface area contributed by atoms with Crippen molar-refractivity contribution in [3.05, 3.63) is 23.4 Å². The van der Waals surface area contributed by atoms with Crippen LogP contribution in [0.3, 0.4) is 0 Å². The van der Waals surface area contributed by atoms with Crippen molar-refractivity contribution < 1.29 is 14.6 Å². The Morgan fingerprint density at radius 1 is 1.42 bits per heavy atom. The molecule has 1 aromatic heterocycles. The molecule has 1 saturated heterocycles. The van der Waals surface area contributed by atoms with Crippen molar-refractivity contribution in [2.45, 2.75) is 26.2 Å². The first-order valence-electron chi connectivity index (χ1n) is 6.77. The SMILES string of the molecule is CCCc1cc(C(=O)O)cc(N2CCCOCC2)n1. The number of anilines is 1. The number of carbonyl (C=O) groups is 1. The van der Waals surface area contributed by atoms with Gasteiger partial charge in [0.2, 0.25) is 0 Å². The predicted octanol–water partition coefficient (Wildman–Crippen LogP) is 1.96. The second kappa shape index (κ2) is 6.52. The fraction of sp³-hybridized carbons (Fsp3) is 0.571. The highest BCUT2D eigenvalue weighted by Gasteiger charge is 2.15. The number of rotatable bonds is 4. The van der Waals surface area contributed by atoms with Crippen LogP contribution in [0.25, 0.3) is 0 Å². The minimum absolute atomic E-state index is 0.318. The van der Waals surface area contributed by atoms with Gasteiger partial charge in [0, 0.05) is 25.4 Å². The Bertz CT molecular complexity index is 440. The van der Waals surface area contributed by atoms with E-state index in [1.807, 2.05) is 0 Å². The Kier molecular flexibility index (Phi) is 4.74. The van der Waals surface area contributed by atoms with Crippen LogP contribution in [0.4, 0.5) is 5.82 Å². The summed E-state index contributed by atoms with van der Waals surface area (Å²) in [5.41, 5.74) is 1.17. The Morgan fingerprint density at radius 3 is 3.00 bits per heavy atom. The molecule has 0 saturated carbocycles. The van der Waals surface area contributed by atoms with E-state index in [2.05, 4.69) is 16.8 Å². The average Bonchev–Trinajstić information content (AvgIpc) is 2.67. The van der Waals surface area contributed by atoms with Crippen molar-refractivity contribution in [3.8, 4) is 0 Å². The van der Waals surface area contributed by atoms with Crippen molar-refractivity contribution in [2.24, 2.45) is 0 Å². The Labute approximate surface area is 113 Å². The van der Waals surface area contributed by atoms with Crippen LogP contribution in [0.15, 0.2) is 12.1 Å².